The predicted octanol–water partition coefficient (Wildman–Crippen LogP) is 5.03. The predicted molar refractivity (Wildman–Crippen MR) is 143 cm³/mol. The molecule has 0 radical (unpaired) electrons. The number of ether oxygens (including phenoxy) is 5. The van der Waals surface area contributed by atoms with Crippen molar-refractivity contribution in [2.75, 3.05) is 28.4 Å². The van der Waals surface area contributed by atoms with Gasteiger partial charge in [0.2, 0.25) is 5.75 Å². The van der Waals surface area contributed by atoms with Crippen molar-refractivity contribution in [2.45, 2.75) is 51.6 Å². The standard InChI is InChI=1S/C30H35NO7/c1-16(2)38-30(33)26-17(3)31-21-12-18(20-10-8-9-11-23(20)34-4)13-22(32)28(21)27(26)19-14-24(35-5)29(37-7)25(15-19)36-6/h8-11,14-16,18,27,31H,12-13H2,1-7H3/t18-,27-/m0/s1. The van der Waals surface area contributed by atoms with Crippen molar-refractivity contribution in [1.82, 2.24) is 5.32 Å². The molecule has 4 rings (SSSR count). The molecule has 0 spiro atoms. The van der Waals surface area contributed by atoms with Crippen LogP contribution in [0, 0.1) is 0 Å². The van der Waals surface area contributed by atoms with Crippen LogP contribution in [0.4, 0.5) is 0 Å². The average Bonchev–Trinajstić information content (AvgIpc) is 2.90. The Morgan fingerprint density at radius 3 is 2.13 bits per heavy atom. The van der Waals surface area contributed by atoms with E-state index in [-0.39, 0.29) is 24.2 Å². The maximum Gasteiger partial charge on any atom is 0.337 e. The maximum atomic E-state index is 13.9. The molecule has 0 saturated carbocycles. The van der Waals surface area contributed by atoms with E-state index in [2.05, 4.69) is 5.32 Å². The minimum Gasteiger partial charge on any atom is -0.496 e. The molecule has 202 valence electrons. The molecule has 1 aliphatic carbocycles. The number of methoxy groups -OCH3 is 4. The summed E-state index contributed by atoms with van der Waals surface area (Å²) in [6.07, 6.45) is 0.551. The van der Waals surface area contributed by atoms with Crippen molar-refractivity contribution >= 4 is 11.8 Å². The molecule has 38 heavy (non-hydrogen) atoms. The van der Waals surface area contributed by atoms with Crippen LogP contribution in [-0.2, 0) is 14.3 Å². The van der Waals surface area contributed by atoms with Gasteiger partial charge in [0.05, 0.1) is 40.1 Å². The minimum absolute atomic E-state index is 0.0456. The number of rotatable bonds is 8. The molecule has 2 aromatic carbocycles. The number of carbonyl (C=O) groups is 2. The molecule has 0 amide bonds. The highest BCUT2D eigenvalue weighted by Crippen LogP contribution is 2.49. The molecule has 0 aromatic heterocycles. The number of benzene rings is 2. The highest BCUT2D eigenvalue weighted by molar-refractivity contribution is 6.04. The van der Waals surface area contributed by atoms with E-state index in [1.165, 1.54) is 21.3 Å². The second-order valence-corrected chi connectivity index (χ2v) is 9.67. The number of carbonyl (C=O) groups excluding carboxylic acids is 2. The Hall–Kier alpha value is -3.94. The summed E-state index contributed by atoms with van der Waals surface area (Å²) in [5, 5.41) is 3.38. The smallest absolute Gasteiger partial charge is 0.337 e. The van der Waals surface area contributed by atoms with Gasteiger partial charge in [0.15, 0.2) is 17.3 Å². The molecular weight excluding hydrogens is 486 g/mol. The first-order chi connectivity index (χ1) is 18.2. The molecule has 2 aliphatic rings. The Morgan fingerprint density at radius 2 is 1.55 bits per heavy atom. The molecular formula is C30H35NO7. The Balaban J connectivity index is 1.89. The van der Waals surface area contributed by atoms with Gasteiger partial charge in [0.1, 0.15) is 5.75 Å². The summed E-state index contributed by atoms with van der Waals surface area (Å²) >= 11 is 0. The van der Waals surface area contributed by atoms with E-state index in [1.807, 2.05) is 31.2 Å². The fourth-order valence-corrected chi connectivity index (χ4v) is 5.41. The van der Waals surface area contributed by atoms with E-state index >= 15 is 0 Å². The number of nitrogens with one attached hydrogen (secondary N) is 1. The van der Waals surface area contributed by atoms with Crippen molar-refractivity contribution in [3.63, 3.8) is 0 Å². The van der Waals surface area contributed by atoms with Crippen LogP contribution in [0.3, 0.4) is 0 Å². The number of allylic oxidation sites excluding steroid dienone is 3. The van der Waals surface area contributed by atoms with Crippen LogP contribution >= 0.6 is 0 Å². The lowest BCUT2D eigenvalue weighted by atomic mass is 9.71. The lowest BCUT2D eigenvalue weighted by Gasteiger charge is -2.37. The summed E-state index contributed by atoms with van der Waals surface area (Å²) in [7, 11) is 6.23. The van der Waals surface area contributed by atoms with Crippen LogP contribution in [0.25, 0.3) is 0 Å². The highest BCUT2D eigenvalue weighted by Gasteiger charge is 2.42. The molecule has 1 heterocycles. The van der Waals surface area contributed by atoms with Gasteiger partial charge in [-0.3, -0.25) is 4.79 Å². The normalized spacial score (nSPS) is 19.1. The lowest BCUT2D eigenvalue weighted by molar-refractivity contribution is -0.143. The zero-order valence-corrected chi connectivity index (χ0v) is 23.0. The van der Waals surface area contributed by atoms with Gasteiger partial charge >= 0.3 is 5.97 Å². The third-order valence-corrected chi connectivity index (χ3v) is 6.99. The third kappa shape index (κ3) is 4.95. The monoisotopic (exact) mass is 521 g/mol. The molecule has 2 aromatic rings. The van der Waals surface area contributed by atoms with E-state index in [4.69, 9.17) is 23.7 Å². The fraction of sp³-hybridized carbons (Fsp3) is 0.400. The number of ketones is 1. The Morgan fingerprint density at radius 1 is 0.921 bits per heavy atom. The summed E-state index contributed by atoms with van der Waals surface area (Å²) < 4.78 is 27.9. The quantitative estimate of drug-likeness (QED) is 0.484. The van der Waals surface area contributed by atoms with Crippen molar-refractivity contribution in [3.05, 3.63) is 70.1 Å². The van der Waals surface area contributed by atoms with Crippen molar-refractivity contribution in [1.29, 1.82) is 0 Å². The zero-order valence-electron chi connectivity index (χ0n) is 23.0. The number of Topliss-reactive ketones (excluding diaryl/α,β-unsaturated/α-hetero) is 1. The van der Waals surface area contributed by atoms with Crippen molar-refractivity contribution < 1.29 is 33.3 Å². The Bertz CT molecular complexity index is 1280. The molecule has 8 heteroatoms. The van der Waals surface area contributed by atoms with Gasteiger partial charge in [-0.15, -0.1) is 0 Å². The largest absolute Gasteiger partial charge is 0.496 e. The summed E-state index contributed by atoms with van der Waals surface area (Å²) in [5.41, 5.74) is 4.01. The molecule has 8 nitrogen and oxygen atoms in total. The number of dihydropyridines is 1. The summed E-state index contributed by atoms with van der Waals surface area (Å²) in [6.45, 7) is 5.43. The van der Waals surface area contributed by atoms with Gasteiger partial charge in [-0.1, -0.05) is 18.2 Å². The van der Waals surface area contributed by atoms with Crippen LogP contribution < -0.4 is 24.3 Å². The number of hydrogen-bond acceptors (Lipinski definition) is 8. The van der Waals surface area contributed by atoms with Gasteiger partial charge in [-0.2, -0.15) is 0 Å². The summed E-state index contributed by atoms with van der Waals surface area (Å²) in [6, 6.07) is 11.3. The topological polar surface area (TPSA) is 92.3 Å². The molecule has 2 atom stereocenters. The fourth-order valence-electron chi connectivity index (χ4n) is 5.41. The van der Waals surface area contributed by atoms with Crippen molar-refractivity contribution in [2.24, 2.45) is 0 Å². The molecule has 0 fully saturated rings. The van der Waals surface area contributed by atoms with Crippen molar-refractivity contribution in [3.8, 4) is 23.0 Å². The van der Waals surface area contributed by atoms with Gasteiger partial charge in [0.25, 0.3) is 0 Å². The number of esters is 1. The number of para-hydroxylation sites is 1. The van der Waals surface area contributed by atoms with E-state index in [0.29, 0.717) is 46.1 Å². The highest BCUT2D eigenvalue weighted by atomic mass is 16.5. The Kier molecular flexibility index (Phi) is 7.99. The van der Waals surface area contributed by atoms with Gasteiger partial charge in [-0.25, -0.2) is 4.79 Å². The zero-order chi connectivity index (χ0) is 27.6. The molecule has 1 aliphatic heterocycles. The molecule has 0 unspecified atom stereocenters. The van der Waals surface area contributed by atoms with E-state index in [1.54, 1.807) is 33.1 Å². The first kappa shape index (κ1) is 27.1. The molecule has 0 saturated heterocycles. The van der Waals surface area contributed by atoms with Gasteiger partial charge < -0.3 is 29.0 Å². The molecule has 1 N–H and O–H groups in total. The third-order valence-electron chi connectivity index (χ3n) is 6.99. The summed E-state index contributed by atoms with van der Waals surface area (Å²) in [5.74, 6) is 0.796. The number of hydrogen-bond donors (Lipinski definition) is 1. The maximum absolute atomic E-state index is 13.9. The SMILES string of the molecule is COc1ccccc1[C@@H]1CC(=O)C2=C(C1)NC(C)=C(C(=O)OC(C)C)[C@@H]2c1cc(OC)c(OC)c(OC)c1. The first-order valence-electron chi connectivity index (χ1n) is 12.6. The van der Waals surface area contributed by atoms with E-state index in [9.17, 15) is 9.59 Å². The van der Waals surface area contributed by atoms with Gasteiger partial charge in [0, 0.05) is 35.2 Å². The van der Waals surface area contributed by atoms with Gasteiger partial charge in [-0.05, 0) is 56.5 Å². The first-order valence-corrected chi connectivity index (χ1v) is 12.6. The second kappa shape index (κ2) is 11.2. The lowest BCUT2D eigenvalue weighted by Crippen LogP contribution is -2.36. The van der Waals surface area contributed by atoms with Crippen LogP contribution in [0.2, 0.25) is 0 Å². The van der Waals surface area contributed by atoms with E-state index < -0.39 is 11.9 Å². The summed E-state index contributed by atoms with van der Waals surface area (Å²) in [4.78, 5) is 27.4. The Labute approximate surface area is 223 Å². The van der Waals surface area contributed by atoms with Crippen LogP contribution in [0.1, 0.15) is 56.6 Å². The minimum atomic E-state index is -0.669. The van der Waals surface area contributed by atoms with Crippen LogP contribution in [0.15, 0.2) is 58.9 Å². The molecule has 0 bridgehead atoms. The second-order valence-electron chi connectivity index (χ2n) is 9.67. The average molecular weight is 522 g/mol. The van der Waals surface area contributed by atoms with Crippen LogP contribution in [0.5, 0.6) is 23.0 Å². The van der Waals surface area contributed by atoms with Crippen LogP contribution in [-0.4, -0.2) is 46.3 Å². The van der Waals surface area contributed by atoms with E-state index in [0.717, 1.165) is 17.0 Å².